The summed E-state index contributed by atoms with van der Waals surface area (Å²) in [6.45, 7) is 4.31. The predicted molar refractivity (Wildman–Crippen MR) is 68.4 cm³/mol. The van der Waals surface area contributed by atoms with Crippen LogP contribution in [0.25, 0.3) is 0 Å². The summed E-state index contributed by atoms with van der Waals surface area (Å²) in [4.78, 5) is 11.9. The number of carbonyl (C=O) groups is 1. The fraction of sp³-hybridized carbons (Fsp3) is 0.462. The molecule has 1 rings (SSSR count). The van der Waals surface area contributed by atoms with Crippen molar-refractivity contribution >= 4 is 11.6 Å². The summed E-state index contributed by atoms with van der Waals surface area (Å²) >= 11 is 0. The third-order valence-corrected chi connectivity index (χ3v) is 2.80. The first-order valence-corrected chi connectivity index (χ1v) is 5.79. The summed E-state index contributed by atoms with van der Waals surface area (Å²) in [7, 11) is 0. The monoisotopic (exact) mass is 236 g/mol. The van der Waals surface area contributed by atoms with Crippen molar-refractivity contribution in [2.75, 3.05) is 11.9 Å². The molecule has 0 spiro atoms. The SMILES string of the molecule is CC(C)C(CN)C(=O)Nc1ccc(CO)cc1. The number of aliphatic hydroxyl groups is 1. The molecule has 0 aliphatic carbocycles. The first-order chi connectivity index (χ1) is 8.08. The van der Waals surface area contributed by atoms with E-state index in [0.29, 0.717) is 6.54 Å². The van der Waals surface area contributed by atoms with Crippen molar-refractivity contribution in [3.8, 4) is 0 Å². The number of benzene rings is 1. The molecule has 0 aliphatic rings. The van der Waals surface area contributed by atoms with Gasteiger partial charge in [0.1, 0.15) is 0 Å². The van der Waals surface area contributed by atoms with Gasteiger partial charge in [-0.2, -0.15) is 0 Å². The molecule has 0 saturated carbocycles. The van der Waals surface area contributed by atoms with Gasteiger partial charge < -0.3 is 16.2 Å². The van der Waals surface area contributed by atoms with E-state index < -0.39 is 0 Å². The Morgan fingerprint density at radius 2 is 1.94 bits per heavy atom. The van der Waals surface area contributed by atoms with Gasteiger partial charge in [0.25, 0.3) is 0 Å². The summed E-state index contributed by atoms with van der Waals surface area (Å²) < 4.78 is 0. The van der Waals surface area contributed by atoms with Crippen LogP contribution in [0.3, 0.4) is 0 Å². The molecule has 17 heavy (non-hydrogen) atoms. The molecule has 0 saturated heterocycles. The molecular formula is C13H20N2O2. The van der Waals surface area contributed by atoms with Gasteiger partial charge in [-0.05, 0) is 23.6 Å². The number of rotatable bonds is 5. The Labute approximate surface area is 102 Å². The number of nitrogens with one attached hydrogen (secondary N) is 1. The van der Waals surface area contributed by atoms with E-state index in [-0.39, 0.29) is 24.3 Å². The molecule has 94 valence electrons. The average Bonchev–Trinajstić information content (AvgIpc) is 2.30. The summed E-state index contributed by atoms with van der Waals surface area (Å²) in [6, 6.07) is 7.11. The van der Waals surface area contributed by atoms with Gasteiger partial charge in [-0.15, -0.1) is 0 Å². The van der Waals surface area contributed by atoms with E-state index in [2.05, 4.69) is 5.32 Å². The highest BCUT2D eigenvalue weighted by molar-refractivity contribution is 5.92. The Morgan fingerprint density at radius 3 is 2.35 bits per heavy atom. The maximum Gasteiger partial charge on any atom is 0.229 e. The van der Waals surface area contributed by atoms with Crippen molar-refractivity contribution in [1.82, 2.24) is 0 Å². The van der Waals surface area contributed by atoms with E-state index in [9.17, 15) is 4.79 Å². The molecule has 1 aromatic carbocycles. The molecule has 0 bridgehead atoms. The number of carbonyl (C=O) groups excluding carboxylic acids is 1. The van der Waals surface area contributed by atoms with Crippen LogP contribution in [0.5, 0.6) is 0 Å². The van der Waals surface area contributed by atoms with Crippen LogP contribution < -0.4 is 11.1 Å². The molecule has 0 fully saturated rings. The average molecular weight is 236 g/mol. The summed E-state index contributed by atoms with van der Waals surface area (Å²) in [6.07, 6.45) is 0. The molecule has 1 aromatic rings. The van der Waals surface area contributed by atoms with Gasteiger partial charge in [0, 0.05) is 12.2 Å². The topological polar surface area (TPSA) is 75.4 Å². The fourth-order valence-corrected chi connectivity index (χ4v) is 1.61. The van der Waals surface area contributed by atoms with Crippen LogP contribution in [0.4, 0.5) is 5.69 Å². The molecule has 4 heteroatoms. The van der Waals surface area contributed by atoms with Crippen LogP contribution in [0.15, 0.2) is 24.3 Å². The second-order valence-electron chi connectivity index (χ2n) is 4.43. The van der Waals surface area contributed by atoms with Crippen LogP contribution in [-0.4, -0.2) is 17.6 Å². The third kappa shape index (κ3) is 3.84. The second kappa shape index (κ2) is 6.37. The van der Waals surface area contributed by atoms with Crippen LogP contribution in [0.1, 0.15) is 19.4 Å². The Morgan fingerprint density at radius 1 is 1.35 bits per heavy atom. The largest absolute Gasteiger partial charge is 0.392 e. The molecule has 0 radical (unpaired) electrons. The zero-order valence-electron chi connectivity index (χ0n) is 10.3. The Bertz CT molecular complexity index is 360. The van der Waals surface area contributed by atoms with Gasteiger partial charge in [0.2, 0.25) is 5.91 Å². The van der Waals surface area contributed by atoms with Crippen molar-refractivity contribution in [1.29, 1.82) is 0 Å². The summed E-state index contributed by atoms with van der Waals surface area (Å²) in [5.74, 6) is -0.0107. The van der Waals surface area contributed by atoms with Crippen LogP contribution in [-0.2, 0) is 11.4 Å². The van der Waals surface area contributed by atoms with Gasteiger partial charge in [-0.3, -0.25) is 4.79 Å². The van der Waals surface area contributed by atoms with Crippen molar-refractivity contribution < 1.29 is 9.90 Å². The molecule has 1 unspecified atom stereocenters. The van der Waals surface area contributed by atoms with Gasteiger partial charge in [-0.25, -0.2) is 0 Å². The normalized spacial score (nSPS) is 12.5. The van der Waals surface area contributed by atoms with E-state index in [1.165, 1.54) is 0 Å². The quantitative estimate of drug-likeness (QED) is 0.722. The fourth-order valence-electron chi connectivity index (χ4n) is 1.61. The van der Waals surface area contributed by atoms with E-state index in [0.717, 1.165) is 11.3 Å². The van der Waals surface area contributed by atoms with E-state index in [1.807, 2.05) is 13.8 Å². The standard InChI is InChI=1S/C13H20N2O2/c1-9(2)12(7-14)13(17)15-11-5-3-10(8-16)4-6-11/h3-6,9,12,16H,7-8,14H2,1-2H3,(H,15,17). The number of nitrogens with two attached hydrogens (primary N) is 1. The van der Waals surface area contributed by atoms with Crippen molar-refractivity contribution in [2.24, 2.45) is 17.6 Å². The highest BCUT2D eigenvalue weighted by Gasteiger charge is 2.20. The van der Waals surface area contributed by atoms with Crippen LogP contribution >= 0.6 is 0 Å². The zero-order chi connectivity index (χ0) is 12.8. The van der Waals surface area contributed by atoms with Crippen molar-refractivity contribution in [2.45, 2.75) is 20.5 Å². The number of hydrogen-bond acceptors (Lipinski definition) is 3. The molecule has 1 amide bonds. The van der Waals surface area contributed by atoms with Gasteiger partial charge >= 0.3 is 0 Å². The Balaban J connectivity index is 2.66. The molecule has 0 aliphatic heterocycles. The zero-order valence-corrected chi connectivity index (χ0v) is 10.3. The van der Waals surface area contributed by atoms with E-state index in [1.54, 1.807) is 24.3 Å². The lowest BCUT2D eigenvalue weighted by Crippen LogP contribution is -2.33. The number of amides is 1. The van der Waals surface area contributed by atoms with Gasteiger partial charge in [0.05, 0.1) is 12.5 Å². The molecule has 4 N–H and O–H groups in total. The van der Waals surface area contributed by atoms with Crippen LogP contribution in [0, 0.1) is 11.8 Å². The van der Waals surface area contributed by atoms with E-state index >= 15 is 0 Å². The lowest BCUT2D eigenvalue weighted by Gasteiger charge is -2.18. The third-order valence-electron chi connectivity index (χ3n) is 2.80. The first kappa shape index (κ1) is 13.7. The molecule has 0 heterocycles. The Kier molecular flexibility index (Phi) is 5.12. The van der Waals surface area contributed by atoms with E-state index in [4.69, 9.17) is 10.8 Å². The minimum atomic E-state index is -0.174. The highest BCUT2D eigenvalue weighted by Crippen LogP contribution is 2.14. The van der Waals surface area contributed by atoms with Crippen LogP contribution in [0.2, 0.25) is 0 Å². The smallest absolute Gasteiger partial charge is 0.229 e. The van der Waals surface area contributed by atoms with Gasteiger partial charge in [0.15, 0.2) is 0 Å². The number of aliphatic hydroxyl groups excluding tert-OH is 1. The summed E-state index contributed by atoms with van der Waals surface area (Å²) in [5.41, 5.74) is 7.13. The van der Waals surface area contributed by atoms with Crippen molar-refractivity contribution in [3.05, 3.63) is 29.8 Å². The second-order valence-corrected chi connectivity index (χ2v) is 4.43. The number of hydrogen-bond donors (Lipinski definition) is 3. The van der Waals surface area contributed by atoms with Gasteiger partial charge in [-0.1, -0.05) is 26.0 Å². The summed E-state index contributed by atoms with van der Waals surface area (Å²) in [5, 5.41) is 11.7. The molecule has 4 nitrogen and oxygen atoms in total. The van der Waals surface area contributed by atoms with Crippen molar-refractivity contribution in [3.63, 3.8) is 0 Å². The number of anilines is 1. The molecule has 0 aromatic heterocycles. The minimum absolute atomic E-state index is 0.00560. The molecule has 1 atom stereocenters. The molecular weight excluding hydrogens is 216 g/mol. The lowest BCUT2D eigenvalue weighted by molar-refractivity contribution is -0.120. The maximum absolute atomic E-state index is 11.9. The predicted octanol–water partition coefficient (Wildman–Crippen LogP) is 1.35. The Hall–Kier alpha value is -1.39. The minimum Gasteiger partial charge on any atom is -0.392 e. The highest BCUT2D eigenvalue weighted by atomic mass is 16.3. The first-order valence-electron chi connectivity index (χ1n) is 5.79. The lowest BCUT2D eigenvalue weighted by atomic mass is 9.95. The maximum atomic E-state index is 11.9.